The zero-order valence-corrected chi connectivity index (χ0v) is 27.6. The molecule has 0 aliphatic carbocycles. The highest BCUT2D eigenvalue weighted by molar-refractivity contribution is 6.24. The first-order valence-corrected chi connectivity index (χ1v) is 17.4. The zero-order chi connectivity index (χ0) is 33.5. The lowest BCUT2D eigenvalue weighted by atomic mass is 9.96. The van der Waals surface area contributed by atoms with Gasteiger partial charge in [-0.2, -0.15) is 0 Å². The molecule has 11 aromatic rings. The monoisotopic (exact) mass is 647 g/mol. The van der Waals surface area contributed by atoms with Gasteiger partial charge < -0.3 is 4.40 Å². The van der Waals surface area contributed by atoms with E-state index in [1.807, 2.05) is 0 Å². The molecule has 3 heteroatoms. The van der Waals surface area contributed by atoms with Crippen LogP contribution in [0.15, 0.2) is 176 Å². The van der Waals surface area contributed by atoms with Gasteiger partial charge >= 0.3 is 0 Å². The Kier molecular flexibility index (Phi) is 5.96. The summed E-state index contributed by atoms with van der Waals surface area (Å²) in [7, 11) is 0. The Balaban J connectivity index is 1.31. The Morgan fingerprint density at radius 3 is 1.41 bits per heavy atom. The summed E-state index contributed by atoms with van der Waals surface area (Å²) in [6, 6.07) is 62.9. The number of hydrogen-bond donors (Lipinski definition) is 0. The van der Waals surface area contributed by atoms with Gasteiger partial charge in [0.25, 0.3) is 0 Å². The molecule has 3 aromatic heterocycles. The van der Waals surface area contributed by atoms with Crippen molar-refractivity contribution in [2.45, 2.75) is 0 Å². The van der Waals surface area contributed by atoms with Gasteiger partial charge in [-0.15, -0.1) is 0 Å². The predicted molar refractivity (Wildman–Crippen MR) is 214 cm³/mol. The number of pyridine rings is 1. The summed E-state index contributed by atoms with van der Waals surface area (Å²) < 4.78 is 2.47. The smallest absolute Gasteiger partial charge is 0.0979 e. The number of fused-ring (bicyclic) bond motifs is 14. The van der Waals surface area contributed by atoms with Crippen LogP contribution < -0.4 is 0 Å². The molecule has 0 radical (unpaired) electrons. The van der Waals surface area contributed by atoms with Crippen molar-refractivity contribution in [2.24, 2.45) is 0 Å². The molecule has 0 fully saturated rings. The summed E-state index contributed by atoms with van der Waals surface area (Å²) in [6.45, 7) is 0. The van der Waals surface area contributed by atoms with E-state index in [2.05, 4.69) is 180 Å². The first-order chi connectivity index (χ1) is 25.3. The summed E-state index contributed by atoms with van der Waals surface area (Å²) in [6.07, 6.45) is 0. The second-order valence-electron chi connectivity index (χ2n) is 13.3. The van der Waals surface area contributed by atoms with Crippen molar-refractivity contribution < 1.29 is 0 Å². The second-order valence-corrected chi connectivity index (χ2v) is 13.3. The van der Waals surface area contributed by atoms with Crippen molar-refractivity contribution in [3.63, 3.8) is 0 Å². The fourth-order valence-corrected chi connectivity index (χ4v) is 8.32. The van der Waals surface area contributed by atoms with Crippen LogP contribution in [0.2, 0.25) is 0 Å². The van der Waals surface area contributed by atoms with Crippen molar-refractivity contribution in [3.05, 3.63) is 176 Å². The molecule has 0 saturated carbocycles. The highest BCUT2D eigenvalue weighted by atomic mass is 14.9. The molecule has 0 aliphatic heterocycles. The van der Waals surface area contributed by atoms with Gasteiger partial charge in [-0.1, -0.05) is 164 Å². The van der Waals surface area contributed by atoms with Crippen LogP contribution in [0, 0.1) is 0 Å². The standard InChI is InChI=1S/C48H29N3/c1-3-15-30(16-4-1)43-40-28-27-32(29-42(40)51-41-26-14-13-22-36(41)35-21-9-12-25-39(35)48(43)51)45-44(31-17-5-2-6-18-31)49-46-37-23-10-7-19-33(37)34-20-8-11-24-38(34)47(46)50-45/h1-29H. The summed E-state index contributed by atoms with van der Waals surface area (Å²) in [5.74, 6) is 0. The predicted octanol–water partition coefficient (Wildman–Crippen LogP) is 12.6. The van der Waals surface area contributed by atoms with Crippen LogP contribution in [0.3, 0.4) is 0 Å². The molecule has 0 N–H and O–H groups in total. The van der Waals surface area contributed by atoms with Crippen LogP contribution in [0.1, 0.15) is 0 Å². The van der Waals surface area contributed by atoms with Gasteiger partial charge in [0.05, 0.1) is 39.0 Å². The normalized spacial score (nSPS) is 11.9. The van der Waals surface area contributed by atoms with Crippen LogP contribution in [0.5, 0.6) is 0 Å². The van der Waals surface area contributed by atoms with Crippen molar-refractivity contribution in [2.75, 3.05) is 0 Å². The van der Waals surface area contributed by atoms with Gasteiger partial charge in [0.15, 0.2) is 0 Å². The van der Waals surface area contributed by atoms with Crippen LogP contribution in [-0.2, 0) is 0 Å². The summed E-state index contributed by atoms with van der Waals surface area (Å²) in [5, 5.41) is 9.53. The van der Waals surface area contributed by atoms with E-state index in [4.69, 9.17) is 9.97 Å². The third-order valence-corrected chi connectivity index (χ3v) is 10.5. The van der Waals surface area contributed by atoms with Gasteiger partial charge in [-0.3, -0.25) is 0 Å². The fourth-order valence-electron chi connectivity index (χ4n) is 8.32. The number of para-hydroxylation sites is 1. The van der Waals surface area contributed by atoms with Crippen molar-refractivity contribution in [1.29, 1.82) is 0 Å². The average molecular weight is 648 g/mol. The van der Waals surface area contributed by atoms with E-state index in [0.29, 0.717) is 0 Å². The Hall–Kier alpha value is -6.84. The van der Waals surface area contributed by atoms with Crippen molar-refractivity contribution in [1.82, 2.24) is 14.4 Å². The molecule has 3 nitrogen and oxygen atoms in total. The quantitative estimate of drug-likeness (QED) is 0.179. The SMILES string of the molecule is c1ccc(-c2nc3c4ccccc4c4ccccc4c3nc2-c2ccc3c(-c4ccccc4)c4c5ccccc5c5ccccc5n4c3c2)cc1. The number of aromatic nitrogens is 3. The van der Waals surface area contributed by atoms with Crippen LogP contribution >= 0.6 is 0 Å². The molecule has 11 rings (SSSR count). The highest BCUT2D eigenvalue weighted by Gasteiger charge is 2.22. The molecule has 0 aliphatic rings. The number of benzene rings is 8. The Morgan fingerprint density at radius 2 is 0.784 bits per heavy atom. The molecule has 0 saturated heterocycles. The number of rotatable bonds is 3. The third-order valence-electron chi connectivity index (χ3n) is 10.5. The molecule has 8 aromatic carbocycles. The molecule has 51 heavy (non-hydrogen) atoms. The minimum Gasteiger partial charge on any atom is -0.308 e. The lowest BCUT2D eigenvalue weighted by Gasteiger charge is -2.15. The number of hydrogen-bond acceptors (Lipinski definition) is 2. The molecular formula is C48H29N3. The van der Waals surface area contributed by atoms with Gasteiger partial charge in [-0.05, 0) is 33.9 Å². The van der Waals surface area contributed by atoms with Gasteiger partial charge in [-0.25, -0.2) is 9.97 Å². The van der Waals surface area contributed by atoms with Gasteiger partial charge in [0.2, 0.25) is 0 Å². The van der Waals surface area contributed by atoms with E-state index in [9.17, 15) is 0 Å². The number of nitrogens with zero attached hydrogens (tertiary/aromatic N) is 3. The van der Waals surface area contributed by atoms with Crippen LogP contribution in [-0.4, -0.2) is 14.4 Å². The minimum absolute atomic E-state index is 0.873. The highest BCUT2D eigenvalue weighted by Crippen LogP contribution is 2.44. The van der Waals surface area contributed by atoms with E-state index in [1.165, 1.54) is 54.5 Å². The minimum atomic E-state index is 0.873. The molecular weight excluding hydrogens is 619 g/mol. The first-order valence-electron chi connectivity index (χ1n) is 17.4. The van der Waals surface area contributed by atoms with Crippen molar-refractivity contribution in [3.8, 4) is 33.6 Å². The van der Waals surface area contributed by atoms with Crippen LogP contribution in [0.25, 0.3) is 104 Å². The lowest BCUT2D eigenvalue weighted by Crippen LogP contribution is -1.98. The largest absolute Gasteiger partial charge is 0.308 e. The fraction of sp³-hybridized carbons (Fsp3) is 0. The topological polar surface area (TPSA) is 30.2 Å². The lowest BCUT2D eigenvalue weighted by molar-refractivity contribution is 1.30. The summed E-state index contributed by atoms with van der Waals surface area (Å²) in [4.78, 5) is 11.1. The molecule has 236 valence electrons. The van der Waals surface area contributed by atoms with E-state index in [0.717, 1.165) is 49.8 Å². The third kappa shape index (κ3) is 4.06. The van der Waals surface area contributed by atoms with Gasteiger partial charge in [0, 0.05) is 43.6 Å². The van der Waals surface area contributed by atoms with E-state index < -0.39 is 0 Å². The summed E-state index contributed by atoms with van der Waals surface area (Å²) >= 11 is 0. The zero-order valence-electron chi connectivity index (χ0n) is 27.6. The summed E-state index contributed by atoms with van der Waals surface area (Å²) in [5.41, 5.74) is 11.6. The molecule has 0 unspecified atom stereocenters. The second kappa shape index (κ2) is 10.8. The van der Waals surface area contributed by atoms with E-state index >= 15 is 0 Å². The molecule has 3 heterocycles. The average Bonchev–Trinajstić information content (AvgIpc) is 3.56. The van der Waals surface area contributed by atoms with E-state index in [1.54, 1.807) is 0 Å². The maximum absolute atomic E-state index is 5.59. The molecule has 0 bridgehead atoms. The maximum atomic E-state index is 5.59. The van der Waals surface area contributed by atoms with Gasteiger partial charge in [0.1, 0.15) is 0 Å². The van der Waals surface area contributed by atoms with Crippen molar-refractivity contribution >= 4 is 70.7 Å². The first kappa shape index (κ1) is 28.0. The Labute approximate surface area is 293 Å². The van der Waals surface area contributed by atoms with Crippen LogP contribution in [0.4, 0.5) is 0 Å². The molecule has 0 amide bonds. The molecule has 0 atom stereocenters. The Bertz CT molecular complexity index is 3180. The molecule has 0 spiro atoms. The van der Waals surface area contributed by atoms with E-state index in [-0.39, 0.29) is 0 Å². The Morgan fingerprint density at radius 1 is 0.314 bits per heavy atom. The maximum Gasteiger partial charge on any atom is 0.0979 e.